The predicted octanol–water partition coefficient (Wildman–Crippen LogP) is 6.05. The van der Waals surface area contributed by atoms with Gasteiger partial charge in [0.1, 0.15) is 0 Å². The van der Waals surface area contributed by atoms with Crippen molar-refractivity contribution in [2.75, 3.05) is 5.75 Å². The second kappa shape index (κ2) is 9.30. The molecule has 33 heavy (non-hydrogen) atoms. The van der Waals surface area contributed by atoms with Crippen molar-refractivity contribution in [2.45, 2.75) is 69.0 Å². The quantitative estimate of drug-likeness (QED) is 0.256. The van der Waals surface area contributed by atoms with Crippen molar-refractivity contribution in [2.24, 2.45) is 0 Å². The van der Waals surface area contributed by atoms with Crippen molar-refractivity contribution in [3.05, 3.63) is 81.6 Å². The summed E-state index contributed by atoms with van der Waals surface area (Å²) < 4.78 is 1.84. The molecule has 0 amide bonds. The average Bonchev–Trinajstić information content (AvgIpc) is 2.85. The number of carbonyl (C=O) groups excluding carboxylic acids is 1. The van der Waals surface area contributed by atoms with Crippen molar-refractivity contribution in [1.82, 2.24) is 9.55 Å². The van der Waals surface area contributed by atoms with Crippen LogP contribution in [-0.4, -0.2) is 21.1 Å². The van der Waals surface area contributed by atoms with Crippen LogP contribution in [-0.2, 0) is 18.4 Å². The van der Waals surface area contributed by atoms with Gasteiger partial charge in [-0.25, -0.2) is 4.98 Å². The molecule has 1 saturated carbocycles. The zero-order valence-electron chi connectivity index (χ0n) is 19.2. The summed E-state index contributed by atoms with van der Waals surface area (Å²) in [7, 11) is 0. The second-order valence-corrected chi connectivity index (χ2v) is 10.3. The lowest BCUT2D eigenvalue weighted by atomic mass is 9.62. The van der Waals surface area contributed by atoms with Crippen LogP contribution in [0.5, 0.6) is 0 Å². The van der Waals surface area contributed by atoms with Crippen LogP contribution in [0.4, 0.5) is 0 Å². The number of rotatable bonds is 6. The van der Waals surface area contributed by atoms with E-state index in [1.54, 1.807) is 0 Å². The van der Waals surface area contributed by atoms with Crippen molar-refractivity contribution >= 4 is 17.5 Å². The molecule has 0 atom stereocenters. The normalized spacial score (nSPS) is 16.3. The van der Waals surface area contributed by atoms with E-state index in [2.05, 4.69) is 25.1 Å². The SMILES string of the molecule is CCCn1c(SCC(=O)c2ccccc2)nc2c(c1=O)C1(CCCCC1)Cc1ccccc1-2. The lowest BCUT2D eigenvalue weighted by Crippen LogP contribution is -2.43. The molecule has 1 fully saturated rings. The Balaban J connectivity index is 1.61. The van der Waals surface area contributed by atoms with E-state index in [-0.39, 0.29) is 22.5 Å². The minimum atomic E-state index is -0.107. The van der Waals surface area contributed by atoms with Crippen LogP contribution in [0.3, 0.4) is 0 Å². The Morgan fingerprint density at radius 1 is 1.03 bits per heavy atom. The molecule has 0 radical (unpaired) electrons. The van der Waals surface area contributed by atoms with Crippen LogP contribution >= 0.6 is 11.8 Å². The summed E-state index contributed by atoms with van der Waals surface area (Å²) in [5, 5.41) is 0.660. The molecule has 2 aliphatic carbocycles. The van der Waals surface area contributed by atoms with E-state index in [0.717, 1.165) is 55.3 Å². The molecule has 0 bridgehead atoms. The maximum absolute atomic E-state index is 14.0. The number of benzene rings is 2. The first-order valence-electron chi connectivity index (χ1n) is 12.1. The van der Waals surface area contributed by atoms with E-state index in [0.29, 0.717) is 17.3 Å². The summed E-state index contributed by atoms with van der Waals surface area (Å²) in [5.74, 6) is 0.325. The Hall–Kier alpha value is -2.66. The Kier molecular flexibility index (Phi) is 6.24. The average molecular weight is 459 g/mol. The fraction of sp³-hybridized carbons (Fsp3) is 0.393. The number of thioether (sulfide) groups is 1. The molecule has 3 aromatic rings. The zero-order chi connectivity index (χ0) is 22.8. The first kappa shape index (κ1) is 22.1. The van der Waals surface area contributed by atoms with E-state index in [1.165, 1.54) is 23.7 Å². The molecule has 0 aliphatic heterocycles. The van der Waals surface area contributed by atoms with Gasteiger partial charge in [0.25, 0.3) is 5.56 Å². The molecule has 5 heteroatoms. The van der Waals surface area contributed by atoms with Gasteiger partial charge >= 0.3 is 0 Å². The Labute approximate surface area is 199 Å². The van der Waals surface area contributed by atoms with Gasteiger partial charge in [0.15, 0.2) is 10.9 Å². The van der Waals surface area contributed by atoms with Crippen LogP contribution in [0, 0.1) is 0 Å². The smallest absolute Gasteiger partial charge is 0.258 e. The maximum atomic E-state index is 14.0. The number of hydrogen-bond donors (Lipinski definition) is 0. The molecule has 2 aromatic carbocycles. The van der Waals surface area contributed by atoms with Crippen molar-refractivity contribution < 1.29 is 4.79 Å². The number of nitrogens with zero attached hydrogens (tertiary/aromatic N) is 2. The molecule has 2 aliphatic rings. The Morgan fingerprint density at radius 2 is 1.76 bits per heavy atom. The monoisotopic (exact) mass is 458 g/mol. The van der Waals surface area contributed by atoms with E-state index < -0.39 is 0 Å². The van der Waals surface area contributed by atoms with E-state index in [9.17, 15) is 9.59 Å². The first-order chi connectivity index (χ1) is 16.1. The summed E-state index contributed by atoms with van der Waals surface area (Å²) in [6.45, 7) is 2.71. The summed E-state index contributed by atoms with van der Waals surface area (Å²) in [5.41, 5.74) is 4.85. The minimum Gasteiger partial charge on any atom is -0.293 e. The number of Topliss-reactive ketones (excluding diaryl/α,β-unsaturated/α-hetero) is 1. The lowest BCUT2D eigenvalue weighted by Gasteiger charge is -2.42. The third kappa shape index (κ3) is 4.08. The predicted molar refractivity (Wildman–Crippen MR) is 134 cm³/mol. The number of fused-ring (bicyclic) bond motifs is 4. The standard InChI is InChI=1S/C28H30N2O2S/c1-2-17-30-26(32)24-25(29-27(30)33-19-23(31)20-11-5-3-6-12-20)22-14-8-7-13-21(22)18-28(24)15-9-4-10-16-28/h3,5-8,11-14H,2,4,9-10,15-19H2,1H3. The molecule has 0 N–H and O–H groups in total. The molecule has 5 rings (SSSR count). The molecule has 1 aromatic heterocycles. The fourth-order valence-corrected chi connectivity index (χ4v) is 6.50. The van der Waals surface area contributed by atoms with E-state index >= 15 is 0 Å². The molecule has 0 unspecified atom stereocenters. The highest BCUT2D eigenvalue weighted by Gasteiger charge is 2.43. The maximum Gasteiger partial charge on any atom is 0.258 e. The number of aromatic nitrogens is 2. The Bertz CT molecular complexity index is 1230. The molecule has 1 spiro atoms. The third-order valence-corrected chi connectivity index (χ3v) is 8.13. The topological polar surface area (TPSA) is 52.0 Å². The molecule has 1 heterocycles. The Morgan fingerprint density at radius 3 is 2.52 bits per heavy atom. The van der Waals surface area contributed by atoms with E-state index in [1.807, 2.05) is 41.0 Å². The summed E-state index contributed by atoms with van der Waals surface area (Å²) in [6, 6.07) is 17.8. The van der Waals surface area contributed by atoms with Gasteiger partial charge in [-0.1, -0.05) is 92.5 Å². The lowest BCUT2D eigenvalue weighted by molar-refractivity contribution is 0.102. The zero-order valence-corrected chi connectivity index (χ0v) is 20.0. The van der Waals surface area contributed by atoms with Gasteiger partial charge in [-0.2, -0.15) is 0 Å². The van der Waals surface area contributed by atoms with Crippen LogP contribution in [0.1, 0.15) is 66.9 Å². The first-order valence-corrected chi connectivity index (χ1v) is 13.1. The highest BCUT2D eigenvalue weighted by atomic mass is 32.2. The van der Waals surface area contributed by atoms with Gasteiger partial charge in [0.2, 0.25) is 0 Å². The summed E-state index contributed by atoms with van der Waals surface area (Å²) in [4.78, 5) is 31.9. The van der Waals surface area contributed by atoms with Gasteiger partial charge in [-0.3, -0.25) is 14.2 Å². The minimum absolute atomic E-state index is 0.0553. The van der Waals surface area contributed by atoms with Crippen LogP contribution in [0.15, 0.2) is 64.5 Å². The van der Waals surface area contributed by atoms with Gasteiger partial charge in [-0.05, 0) is 31.2 Å². The van der Waals surface area contributed by atoms with Crippen LogP contribution in [0.25, 0.3) is 11.3 Å². The highest BCUT2D eigenvalue weighted by molar-refractivity contribution is 7.99. The number of hydrogen-bond acceptors (Lipinski definition) is 4. The molecular weight excluding hydrogens is 428 g/mol. The molecule has 0 saturated heterocycles. The van der Waals surface area contributed by atoms with Crippen molar-refractivity contribution in [3.8, 4) is 11.3 Å². The van der Waals surface area contributed by atoms with Gasteiger partial charge in [0.05, 0.1) is 17.0 Å². The molecule has 170 valence electrons. The highest BCUT2D eigenvalue weighted by Crippen LogP contribution is 2.48. The van der Waals surface area contributed by atoms with Crippen molar-refractivity contribution in [1.29, 1.82) is 0 Å². The van der Waals surface area contributed by atoms with Gasteiger partial charge < -0.3 is 0 Å². The van der Waals surface area contributed by atoms with Gasteiger partial charge in [-0.15, -0.1) is 0 Å². The molecular formula is C28H30N2O2S. The largest absolute Gasteiger partial charge is 0.293 e. The van der Waals surface area contributed by atoms with Gasteiger partial charge in [0, 0.05) is 23.1 Å². The summed E-state index contributed by atoms with van der Waals surface area (Å²) >= 11 is 1.39. The number of ketones is 1. The summed E-state index contributed by atoms with van der Waals surface area (Å²) in [6.07, 6.45) is 7.45. The second-order valence-electron chi connectivity index (χ2n) is 9.33. The van der Waals surface area contributed by atoms with Crippen LogP contribution in [0.2, 0.25) is 0 Å². The fourth-order valence-electron chi connectivity index (χ4n) is 5.59. The van der Waals surface area contributed by atoms with Crippen molar-refractivity contribution in [3.63, 3.8) is 0 Å². The van der Waals surface area contributed by atoms with Crippen LogP contribution < -0.4 is 5.56 Å². The number of carbonyl (C=O) groups is 1. The molecule has 4 nitrogen and oxygen atoms in total. The third-order valence-electron chi connectivity index (χ3n) is 7.15. The van der Waals surface area contributed by atoms with E-state index in [4.69, 9.17) is 4.98 Å².